The molecule has 0 radical (unpaired) electrons. The third-order valence-corrected chi connectivity index (χ3v) is 4.58. The molecule has 0 saturated carbocycles. The predicted octanol–water partition coefficient (Wildman–Crippen LogP) is 1.49. The lowest BCUT2D eigenvalue weighted by Gasteiger charge is -2.24. The van der Waals surface area contributed by atoms with Crippen LogP contribution in [0.4, 0.5) is 5.82 Å². The Morgan fingerprint density at radius 3 is 2.85 bits per heavy atom. The second-order valence-electron chi connectivity index (χ2n) is 6.17. The largest absolute Gasteiger partial charge is 0.310 e. The van der Waals surface area contributed by atoms with Gasteiger partial charge in [-0.05, 0) is 36.8 Å². The van der Waals surface area contributed by atoms with E-state index >= 15 is 0 Å². The minimum atomic E-state index is -0.0610. The summed E-state index contributed by atoms with van der Waals surface area (Å²) < 4.78 is 3.24. The topological polar surface area (TPSA) is 103 Å². The second-order valence-corrected chi connectivity index (χ2v) is 6.17. The highest BCUT2D eigenvalue weighted by Crippen LogP contribution is 2.39. The fourth-order valence-electron chi connectivity index (χ4n) is 3.42. The zero-order valence-corrected chi connectivity index (χ0v) is 13.9. The van der Waals surface area contributed by atoms with Crippen molar-refractivity contribution in [2.75, 3.05) is 5.32 Å². The van der Waals surface area contributed by atoms with Crippen LogP contribution in [0.1, 0.15) is 29.2 Å². The zero-order valence-electron chi connectivity index (χ0n) is 13.9. The highest BCUT2D eigenvalue weighted by atomic mass is 16.1. The van der Waals surface area contributed by atoms with Crippen LogP contribution in [0, 0.1) is 6.92 Å². The first kappa shape index (κ1) is 14.7. The van der Waals surface area contributed by atoms with Crippen molar-refractivity contribution in [3.63, 3.8) is 0 Å². The third-order valence-electron chi connectivity index (χ3n) is 4.58. The van der Waals surface area contributed by atoms with Gasteiger partial charge in [0.2, 0.25) is 5.91 Å². The fourth-order valence-corrected chi connectivity index (χ4v) is 3.42. The first-order chi connectivity index (χ1) is 12.7. The molecule has 9 heteroatoms. The number of carbonyl (C=O) groups excluding carboxylic acids is 1. The smallest absolute Gasteiger partial charge is 0.226 e. The molecule has 1 amide bonds. The number of nitrogens with zero attached hydrogens (tertiary/aromatic N) is 7. The normalized spacial score (nSPS) is 16.5. The third kappa shape index (κ3) is 2.17. The van der Waals surface area contributed by atoms with Crippen molar-refractivity contribution < 1.29 is 4.79 Å². The van der Waals surface area contributed by atoms with Gasteiger partial charge in [-0.3, -0.25) is 9.78 Å². The predicted molar refractivity (Wildman–Crippen MR) is 92.0 cm³/mol. The van der Waals surface area contributed by atoms with Crippen molar-refractivity contribution in [2.45, 2.75) is 19.3 Å². The van der Waals surface area contributed by atoms with Crippen molar-refractivity contribution in [2.24, 2.45) is 0 Å². The average molecular weight is 346 g/mol. The van der Waals surface area contributed by atoms with E-state index in [2.05, 4.69) is 30.7 Å². The van der Waals surface area contributed by atoms with Gasteiger partial charge in [-0.15, -0.1) is 15.3 Å². The van der Waals surface area contributed by atoms with Crippen molar-refractivity contribution in [1.29, 1.82) is 0 Å². The zero-order chi connectivity index (χ0) is 17.7. The lowest BCUT2D eigenvalue weighted by atomic mass is 9.86. The van der Waals surface area contributed by atoms with Gasteiger partial charge in [-0.1, -0.05) is 0 Å². The Morgan fingerprint density at radius 2 is 2.00 bits per heavy atom. The Kier molecular flexibility index (Phi) is 3.08. The van der Waals surface area contributed by atoms with E-state index < -0.39 is 0 Å². The Labute approximate surface area is 147 Å². The molecule has 1 N–H and O–H groups in total. The van der Waals surface area contributed by atoms with E-state index in [-0.39, 0.29) is 11.8 Å². The Balaban J connectivity index is 1.69. The van der Waals surface area contributed by atoms with E-state index in [1.807, 2.05) is 25.1 Å². The number of hydrogen-bond acceptors (Lipinski definition) is 6. The van der Waals surface area contributed by atoms with Crippen molar-refractivity contribution in [3.05, 3.63) is 59.8 Å². The molecule has 5 heterocycles. The SMILES string of the molecule is Cc1nn(-c2ccc3nncn3n2)c2c1[C@H](c1ccncc1)CC(=O)N2. The molecule has 0 bridgehead atoms. The molecule has 4 aromatic heterocycles. The summed E-state index contributed by atoms with van der Waals surface area (Å²) in [6, 6.07) is 7.49. The molecule has 1 aliphatic rings. The molecular weight excluding hydrogens is 332 g/mol. The second kappa shape index (κ2) is 5.45. The van der Waals surface area contributed by atoms with E-state index in [1.54, 1.807) is 27.7 Å². The summed E-state index contributed by atoms with van der Waals surface area (Å²) in [4.78, 5) is 16.4. The lowest BCUT2D eigenvalue weighted by Crippen LogP contribution is -2.25. The minimum Gasteiger partial charge on any atom is -0.310 e. The highest BCUT2D eigenvalue weighted by Gasteiger charge is 2.32. The maximum atomic E-state index is 12.4. The van der Waals surface area contributed by atoms with E-state index in [0.29, 0.717) is 23.7 Å². The molecule has 4 aromatic rings. The highest BCUT2D eigenvalue weighted by molar-refractivity contribution is 5.95. The van der Waals surface area contributed by atoms with Crippen LogP contribution in [0.15, 0.2) is 43.0 Å². The number of nitrogens with one attached hydrogen (secondary N) is 1. The first-order valence-corrected chi connectivity index (χ1v) is 8.17. The summed E-state index contributed by atoms with van der Waals surface area (Å²) in [5, 5.41) is 19.9. The number of aromatic nitrogens is 7. The van der Waals surface area contributed by atoms with Gasteiger partial charge in [-0.25, -0.2) is 0 Å². The maximum Gasteiger partial charge on any atom is 0.226 e. The summed E-state index contributed by atoms with van der Waals surface area (Å²) in [5.74, 6) is 1.12. The number of rotatable bonds is 2. The van der Waals surface area contributed by atoms with Crippen LogP contribution >= 0.6 is 0 Å². The van der Waals surface area contributed by atoms with Gasteiger partial charge in [0.05, 0.1) is 5.69 Å². The number of aryl methyl sites for hydroxylation is 1. The van der Waals surface area contributed by atoms with Gasteiger partial charge < -0.3 is 5.32 Å². The summed E-state index contributed by atoms with van der Waals surface area (Å²) in [6.07, 6.45) is 5.38. The van der Waals surface area contributed by atoms with E-state index in [9.17, 15) is 4.79 Å². The van der Waals surface area contributed by atoms with Gasteiger partial charge in [-0.2, -0.15) is 14.3 Å². The molecule has 0 aliphatic carbocycles. The fraction of sp³-hybridized carbons (Fsp3) is 0.176. The summed E-state index contributed by atoms with van der Waals surface area (Å²) in [7, 11) is 0. The van der Waals surface area contributed by atoms with Crippen LogP contribution in [0.3, 0.4) is 0 Å². The molecule has 0 aromatic carbocycles. The summed E-state index contributed by atoms with van der Waals surface area (Å²) >= 11 is 0. The van der Waals surface area contributed by atoms with Gasteiger partial charge in [0.1, 0.15) is 12.1 Å². The van der Waals surface area contributed by atoms with Crippen LogP contribution in [0.5, 0.6) is 0 Å². The number of fused-ring (bicyclic) bond motifs is 2. The molecule has 1 atom stereocenters. The van der Waals surface area contributed by atoms with Crippen molar-refractivity contribution in [1.82, 2.24) is 34.6 Å². The van der Waals surface area contributed by atoms with Crippen LogP contribution in [-0.2, 0) is 4.79 Å². The molecule has 0 unspecified atom stereocenters. The van der Waals surface area contributed by atoms with Crippen LogP contribution in [-0.4, -0.2) is 40.5 Å². The van der Waals surface area contributed by atoms with Gasteiger partial charge in [0.25, 0.3) is 0 Å². The Bertz CT molecular complexity index is 1130. The molecule has 0 spiro atoms. The van der Waals surface area contributed by atoms with E-state index in [0.717, 1.165) is 16.8 Å². The van der Waals surface area contributed by atoms with Crippen molar-refractivity contribution in [3.8, 4) is 5.82 Å². The standard InChI is InChI=1S/C17H14N8O/c1-10-16-12(11-4-6-18-7-5-11)8-15(26)20-17(16)25(22-10)14-3-2-13-21-19-9-24(13)23-14/h2-7,9,12H,8H2,1H3,(H,20,26)/t12-/m0/s1. The average Bonchev–Trinajstić information content (AvgIpc) is 3.25. The number of hydrogen-bond donors (Lipinski definition) is 1. The molecule has 26 heavy (non-hydrogen) atoms. The Hall–Kier alpha value is -3.62. The minimum absolute atomic E-state index is 0.0502. The lowest BCUT2D eigenvalue weighted by molar-refractivity contribution is -0.116. The number of amides is 1. The number of pyridine rings is 1. The van der Waals surface area contributed by atoms with Crippen LogP contribution in [0.2, 0.25) is 0 Å². The van der Waals surface area contributed by atoms with Crippen molar-refractivity contribution >= 4 is 17.4 Å². The molecular formula is C17H14N8O. The van der Waals surface area contributed by atoms with Gasteiger partial charge in [0.15, 0.2) is 11.5 Å². The molecule has 0 saturated heterocycles. The monoisotopic (exact) mass is 346 g/mol. The molecule has 1 aliphatic heterocycles. The maximum absolute atomic E-state index is 12.4. The first-order valence-electron chi connectivity index (χ1n) is 8.17. The molecule has 0 fully saturated rings. The molecule has 5 rings (SSSR count). The van der Waals surface area contributed by atoms with E-state index in [1.165, 1.54) is 6.33 Å². The van der Waals surface area contributed by atoms with E-state index in [4.69, 9.17) is 0 Å². The van der Waals surface area contributed by atoms with Crippen LogP contribution < -0.4 is 5.32 Å². The molecule has 9 nitrogen and oxygen atoms in total. The molecule has 128 valence electrons. The summed E-state index contributed by atoms with van der Waals surface area (Å²) in [6.45, 7) is 1.94. The van der Waals surface area contributed by atoms with Gasteiger partial charge >= 0.3 is 0 Å². The van der Waals surface area contributed by atoms with Gasteiger partial charge in [0, 0.05) is 30.3 Å². The van der Waals surface area contributed by atoms with Crippen LogP contribution in [0.25, 0.3) is 11.5 Å². The number of anilines is 1. The number of carbonyl (C=O) groups is 1. The summed E-state index contributed by atoms with van der Waals surface area (Å²) in [5.41, 5.74) is 3.54. The quantitative estimate of drug-likeness (QED) is 0.590. The Morgan fingerprint density at radius 1 is 1.15 bits per heavy atom.